The van der Waals surface area contributed by atoms with Crippen LogP contribution in [0.4, 0.5) is 0 Å². The summed E-state index contributed by atoms with van der Waals surface area (Å²) in [5.41, 5.74) is 4.77. The largest absolute Gasteiger partial charge is 0.354 e. The van der Waals surface area contributed by atoms with Crippen LogP contribution in [0.1, 0.15) is 52.4 Å². The van der Waals surface area contributed by atoms with E-state index in [0.29, 0.717) is 24.2 Å². The Kier molecular flexibility index (Phi) is 5.21. The number of aromatic nitrogens is 3. The number of aryl methyl sites for hydroxylation is 2. The Hall–Kier alpha value is -2.89. The van der Waals surface area contributed by atoms with E-state index in [0.717, 1.165) is 35.3 Å². The van der Waals surface area contributed by atoms with Crippen LogP contribution in [0.15, 0.2) is 30.6 Å². The number of hydrogen-bond acceptors (Lipinski definition) is 3. The minimum atomic E-state index is -0.159. The molecule has 26 heavy (non-hydrogen) atoms. The molecule has 6 heteroatoms. The number of amides is 1. The summed E-state index contributed by atoms with van der Waals surface area (Å²) in [6.07, 6.45) is 3.27. The normalized spacial score (nSPS) is 11.0. The lowest BCUT2D eigenvalue weighted by atomic mass is 10.0. The summed E-state index contributed by atoms with van der Waals surface area (Å²) in [6.45, 7) is 6.66. The van der Waals surface area contributed by atoms with Crippen molar-refractivity contribution in [2.24, 2.45) is 0 Å². The number of nitrogens with zero attached hydrogens (tertiary/aromatic N) is 2. The van der Waals surface area contributed by atoms with E-state index in [1.165, 1.54) is 6.92 Å². The van der Waals surface area contributed by atoms with Gasteiger partial charge in [0.2, 0.25) is 0 Å². The Bertz CT molecular complexity index is 952. The van der Waals surface area contributed by atoms with Gasteiger partial charge < -0.3 is 14.9 Å². The molecule has 0 radical (unpaired) electrons. The van der Waals surface area contributed by atoms with Crippen LogP contribution in [0.3, 0.4) is 0 Å². The first-order valence-electron chi connectivity index (χ1n) is 8.93. The van der Waals surface area contributed by atoms with E-state index in [2.05, 4.69) is 19.9 Å². The topological polar surface area (TPSA) is 79.8 Å². The second-order valence-corrected chi connectivity index (χ2v) is 6.42. The number of carbonyl (C=O) groups is 2. The maximum Gasteiger partial charge on any atom is 0.268 e. The number of carbonyl (C=O) groups excluding carboxylic acids is 2. The second-order valence-electron chi connectivity index (χ2n) is 6.42. The average molecular weight is 352 g/mol. The quantitative estimate of drug-likeness (QED) is 0.506. The van der Waals surface area contributed by atoms with Gasteiger partial charge >= 0.3 is 0 Å². The number of para-hydroxylation sites is 2. The number of nitrogens with one attached hydrogen (secondary N) is 2. The molecule has 3 aromatic rings. The summed E-state index contributed by atoms with van der Waals surface area (Å²) < 4.78 is 2.09. The van der Waals surface area contributed by atoms with Crippen LogP contribution in [-0.2, 0) is 13.0 Å². The van der Waals surface area contributed by atoms with Crippen molar-refractivity contribution in [3.05, 3.63) is 53.1 Å². The number of H-pyrrole nitrogens is 1. The Morgan fingerprint density at radius 3 is 2.77 bits per heavy atom. The van der Waals surface area contributed by atoms with Crippen molar-refractivity contribution in [3.63, 3.8) is 0 Å². The summed E-state index contributed by atoms with van der Waals surface area (Å²) in [6, 6.07) is 7.99. The summed E-state index contributed by atoms with van der Waals surface area (Å²) in [4.78, 5) is 31.8. The van der Waals surface area contributed by atoms with Crippen molar-refractivity contribution in [1.82, 2.24) is 19.9 Å². The van der Waals surface area contributed by atoms with E-state index in [1.54, 1.807) is 0 Å². The summed E-state index contributed by atoms with van der Waals surface area (Å²) in [7, 11) is 0. The number of Topliss-reactive ketones (excluding diaryl/α,β-unsaturated/α-hetero) is 1. The Morgan fingerprint density at radius 1 is 1.27 bits per heavy atom. The van der Waals surface area contributed by atoms with Gasteiger partial charge in [-0.1, -0.05) is 19.1 Å². The fraction of sp³-hybridized carbons (Fsp3) is 0.350. The van der Waals surface area contributed by atoms with Crippen LogP contribution >= 0.6 is 0 Å². The lowest BCUT2D eigenvalue weighted by Crippen LogP contribution is -2.26. The van der Waals surface area contributed by atoms with Crippen molar-refractivity contribution in [1.29, 1.82) is 0 Å². The Balaban J connectivity index is 1.61. The first-order valence-corrected chi connectivity index (χ1v) is 8.93. The second kappa shape index (κ2) is 7.56. The van der Waals surface area contributed by atoms with E-state index >= 15 is 0 Å². The number of ketones is 1. The zero-order valence-corrected chi connectivity index (χ0v) is 15.4. The van der Waals surface area contributed by atoms with Gasteiger partial charge in [-0.25, -0.2) is 4.98 Å². The standard InChI is InChI=1S/C20H24N4O2/c1-4-15-18(14(3)25)13(2)23-19(15)20(26)21-10-7-11-24-12-22-16-8-5-6-9-17(16)24/h5-6,8-9,12,23H,4,7,10-11H2,1-3H3,(H,21,26). The fourth-order valence-corrected chi connectivity index (χ4v) is 3.43. The van der Waals surface area contributed by atoms with Gasteiger partial charge in [0.1, 0.15) is 5.69 Å². The van der Waals surface area contributed by atoms with E-state index < -0.39 is 0 Å². The summed E-state index contributed by atoms with van der Waals surface area (Å²) in [5, 5.41) is 2.95. The predicted molar refractivity (Wildman–Crippen MR) is 102 cm³/mol. The maximum atomic E-state index is 12.5. The number of hydrogen-bond donors (Lipinski definition) is 2. The third-order valence-corrected chi connectivity index (χ3v) is 4.61. The third kappa shape index (κ3) is 3.40. The molecule has 6 nitrogen and oxygen atoms in total. The number of imidazole rings is 1. The third-order valence-electron chi connectivity index (χ3n) is 4.61. The van der Waals surface area contributed by atoms with Gasteiger partial charge in [0, 0.05) is 24.3 Å². The van der Waals surface area contributed by atoms with Gasteiger partial charge in [-0.2, -0.15) is 0 Å². The molecule has 0 unspecified atom stereocenters. The number of rotatable bonds is 7. The highest BCUT2D eigenvalue weighted by Crippen LogP contribution is 2.20. The number of fused-ring (bicyclic) bond motifs is 1. The van der Waals surface area contributed by atoms with Crippen LogP contribution in [-0.4, -0.2) is 32.8 Å². The highest BCUT2D eigenvalue weighted by molar-refractivity contribution is 6.02. The molecule has 0 aliphatic rings. The monoisotopic (exact) mass is 352 g/mol. The van der Waals surface area contributed by atoms with Crippen LogP contribution in [0.25, 0.3) is 11.0 Å². The SMILES string of the molecule is CCc1c(C(=O)NCCCn2cnc3ccccc32)[nH]c(C)c1C(C)=O. The maximum absolute atomic E-state index is 12.5. The minimum absolute atomic E-state index is 0.0124. The van der Waals surface area contributed by atoms with Crippen LogP contribution in [0.2, 0.25) is 0 Å². The molecule has 1 amide bonds. The molecule has 0 atom stereocenters. The van der Waals surface area contributed by atoms with Crippen LogP contribution in [0, 0.1) is 6.92 Å². The van der Waals surface area contributed by atoms with E-state index in [-0.39, 0.29) is 11.7 Å². The zero-order chi connectivity index (χ0) is 18.7. The molecule has 0 bridgehead atoms. The van der Waals surface area contributed by atoms with Crippen molar-refractivity contribution in [2.75, 3.05) is 6.54 Å². The Labute approximate surface area is 152 Å². The average Bonchev–Trinajstić information content (AvgIpc) is 3.19. The molecule has 0 aliphatic heterocycles. The first kappa shape index (κ1) is 17.9. The molecule has 1 aromatic carbocycles. The fourth-order valence-electron chi connectivity index (χ4n) is 3.43. The smallest absolute Gasteiger partial charge is 0.268 e. The molecule has 0 saturated carbocycles. The van der Waals surface area contributed by atoms with E-state index in [4.69, 9.17) is 0 Å². The van der Waals surface area contributed by atoms with Gasteiger partial charge in [0.05, 0.1) is 17.4 Å². The van der Waals surface area contributed by atoms with Crippen molar-refractivity contribution in [2.45, 2.75) is 40.2 Å². The zero-order valence-electron chi connectivity index (χ0n) is 15.4. The van der Waals surface area contributed by atoms with Gasteiger partial charge in [-0.05, 0) is 44.4 Å². The Morgan fingerprint density at radius 2 is 2.04 bits per heavy atom. The van der Waals surface area contributed by atoms with Crippen molar-refractivity contribution < 1.29 is 9.59 Å². The molecular formula is C20H24N4O2. The molecule has 2 N–H and O–H groups in total. The van der Waals surface area contributed by atoms with Crippen LogP contribution < -0.4 is 5.32 Å². The lowest BCUT2D eigenvalue weighted by molar-refractivity contribution is 0.0947. The number of aromatic amines is 1. The van der Waals surface area contributed by atoms with Gasteiger partial charge in [-0.15, -0.1) is 0 Å². The highest BCUT2D eigenvalue weighted by atomic mass is 16.2. The van der Waals surface area contributed by atoms with E-state index in [1.807, 2.05) is 44.4 Å². The van der Waals surface area contributed by atoms with Gasteiger partial charge in [-0.3, -0.25) is 9.59 Å². The lowest BCUT2D eigenvalue weighted by Gasteiger charge is -2.07. The van der Waals surface area contributed by atoms with Crippen LogP contribution in [0.5, 0.6) is 0 Å². The number of benzene rings is 1. The molecule has 2 heterocycles. The first-order chi connectivity index (χ1) is 12.5. The van der Waals surface area contributed by atoms with Crippen molar-refractivity contribution in [3.8, 4) is 0 Å². The summed E-state index contributed by atoms with van der Waals surface area (Å²) >= 11 is 0. The highest BCUT2D eigenvalue weighted by Gasteiger charge is 2.21. The molecule has 0 saturated heterocycles. The van der Waals surface area contributed by atoms with Gasteiger partial charge in [0.25, 0.3) is 5.91 Å². The molecule has 0 fully saturated rings. The van der Waals surface area contributed by atoms with Crippen molar-refractivity contribution >= 4 is 22.7 Å². The minimum Gasteiger partial charge on any atom is -0.354 e. The molecule has 0 aliphatic carbocycles. The molecule has 136 valence electrons. The molecule has 3 rings (SSSR count). The predicted octanol–water partition coefficient (Wildman–Crippen LogP) is 3.26. The molecule has 0 spiro atoms. The van der Waals surface area contributed by atoms with E-state index in [9.17, 15) is 9.59 Å². The summed E-state index contributed by atoms with van der Waals surface area (Å²) in [5.74, 6) is -0.172. The molecule has 2 aromatic heterocycles. The molecular weight excluding hydrogens is 328 g/mol. The van der Waals surface area contributed by atoms with Gasteiger partial charge in [0.15, 0.2) is 5.78 Å².